The highest BCUT2D eigenvalue weighted by molar-refractivity contribution is 7.89. The number of nitrogens with zero attached hydrogens (tertiary/aromatic N) is 1. The van der Waals surface area contributed by atoms with Crippen molar-refractivity contribution in [2.24, 2.45) is 0 Å². The topological polar surface area (TPSA) is 122 Å². The number of benzene rings is 2. The van der Waals surface area contributed by atoms with E-state index >= 15 is 0 Å². The van der Waals surface area contributed by atoms with Gasteiger partial charge < -0.3 is 10.1 Å². The molecule has 0 unspecified atom stereocenters. The summed E-state index contributed by atoms with van der Waals surface area (Å²) in [5.41, 5.74) is 0.796. The first kappa shape index (κ1) is 25.8. The Morgan fingerprint density at radius 2 is 1.62 bits per heavy atom. The SMILES string of the molecule is CCN(CC)S(=O)(=O)c1cc(NC(=O)[C@H](C)NS(=O)(=O)c2ccc(OC)cc2)ccc1C. The molecule has 1 amide bonds. The number of sulfonamides is 2. The van der Waals surface area contributed by atoms with Gasteiger partial charge in [0.25, 0.3) is 0 Å². The van der Waals surface area contributed by atoms with E-state index in [4.69, 9.17) is 4.74 Å². The molecular formula is C21H29N3O6S2. The zero-order valence-corrected chi connectivity index (χ0v) is 20.4. The van der Waals surface area contributed by atoms with Crippen LogP contribution in [0.4, 0.5) is 5.69 Å². The number of nitrogens with one attached hydrogen (secondary N) is 2. The largest absolute Gasteiger partial charge is 0.497 e. The van der Waals surface area contributed by atoms with E-state index in [2.05, 4.69) is 10.0 Å². The number of methoxy groups -OCH3 is 1. The molecule has 2 N–H and O–H groups in total. The summed E-state index contributed by atoms with van der Waals surface area (Å²) in [5.74, 6) is -0.123. The lowest BCUT2D eigenvalue weighted by Crippen LogP contribution is -2.41. The zero-order valence-electron chi connectivity index (χ0n) is 18.7. The second kappa shape index (κ2) is 10.4. The van der Waals surface area contributed by atoms with Gasteiger partial charge in [-0.1, -0.05) is 19.9 Å². The van der Waals surface area contributed by atoms with Crippen molar-refractivity contribution in [1.29, 1.82) is 0 Å². The summed E-state index contributed by atoms with van der Waals surface area (Å²) in [6.45, 7) is 7.21. The van der Waals surface area contributed by atoms with Crippen LogP contribution in [0.2, 0.25) is 0 Å². The van der Waals surface area contributed by atoms with Gasteiger partial charge >= 0.3 is 0 Å². The van der Waals surface area contributed by atoms with Crippen LogP contribution in [-0.4, -0.2) is 53.3 Å². The van der Waals surface area contributed by atoms with Gasteiger partial charge in [-0.2, -0.15) is 9.03 Å². The lowest BCUT2D eigenvalue weighted by atomic mass is 10.2. The van der Waals surface area contributed by atoms with Crippen molar-refractivity contribution in [2.75, 3.05) is 25.5 Å². The Labute approximate surface area is 189 Å². The van der Waals surface area contributed by atoms with Crippen LogP contribution in [0.25, 0.3) is 0 Å². The molecular weight excluding hydrogens is 454 g/mol. The molecule has 0 radical (unpaired) electrons. The van der Waals surface area contributed by atoms with Crippen LogP contribution in [0.15, 0.2) is 52.3 Å². The number of hydrogen-bond acceptors (Lipinski definition) is 6. The summed E-state index contributed by atoms with van der Waals surface area (Å²) in [4.78, 5) is 12.7. The van der Waals surface area contributed by atoms with Crippen molar-refractivity contribution < 1.29 is 26.4 Å². The van der Waals surface area contributed by atoms with E-state index in [9.17, 15) is 21.6 Å². The van der Waals surface area contributed by atoms with E-state index < -0.39 is 32.0 Å². The normalized spacial score (nSPS) is 13.1. The molecule has 9 nitrogen and oxygen atoms in total. The van der Waals surface area contributed by atoms with E-state index in [1.54, 1.807) is 32.9 Å². The fraction of sp³-hybridized carbons (Fsp3) is 0.381. The first-order valence-corrected chi connectivity index (χ1v) is 13.0. The Morgan fingerprint density at radius 1 is 1.03 bits per heavy atom. The van der Waals surface area contributed by atoms with E-state index in [1.807, 2.05) is 0 Å². The molecule has 0 heterocycles. The molecule has 0 saturated carbocycles. The summed E-state index contributed by atoms with van der Waals surface area (Å²) < 4.78 is 59.5. The minimum atomic E-state index is -3.95. The quantitative estimate of drug-likeness (QED) is 0.535. The van der Waals surface area contributed by atoms with Crippen molar-refractivity contribution in [1.82, 2.24) is 9.03 Å². The summed E-state index contributed by atoms with van der Waals surface area (Å²) >= 11 is 0. The van der Waals surface area contributed by atoms with Crippen molar-refractivity contribution in [2.45, 2.75) is 43.5 Å². The van der Waals surface area contributed by atoms with Gasteiger partial charge in [0.1, 0.15) is 5.75 Å². The molecule has 0 aliphatic rings. The number of carbonyl (C=O) groups is 1. The summed E-state index contributed by atoms with van der Waals surface area (Å²) in [6, 6.07) is 9.19. The molecule has 0 aliphatic carbocycles. The van der Waals surface area contributed by atoms with Crippen LogP contribution in [0.1, 0.15) is 26.3 Å². The minimum Gasteiger partial charge on any atom is -0.497 e. The first-order valence-electron chi connectivity index (χ1n) is 10.0. The standard InChI is InChI=1S/C21H29N3O6S2/c1-6-24(7-2)32(28,29)20-14-17(9-8-15(20)3)22-21(25)16(4)23-31(26,27)19-12-10-18(30-5)11-13-19/h8-14,16,23H,6-7H2,1-5H3,(H,22,25)/t16-/m0/s1. The highest BCUT2D eigenvalue weighted by Crippen LogP contribution is 2.24. The molecule has 0 bridgehead atoms. The number of aryl methyl sites for hydroxylation is 1. The van der Waals surface area contributed by atoms with Crippen LogP contribution in [-0.2, 0) is 24.8 Å². The molecule has 0 aliphatic heterocycles. The molecule has 0 saturated heterocycles. The fourth-order valence-corrected chi connectivity index (χ4v) is 5.93. The van der Waals surface area contributed by atoms with E-state index in [1.165, 1.54) is 48.7 Å². The van der Waals surface area contributed by atoms with Crippen molar-refractivity contribution in [3.63, 3.8) is 0 Å². The van der Waals surface area contributed by atoms with Crippen LogP contribution >= 0.6 is 0 Å². The molecule has 11 heteroatoms. The van der Waals surface area contributed by atoms with Gasteiger partial charge in [0.05, 0.1) is 22.9 Å². The molecule has 0 aromatic heterocycles. The minimum absolute atomic E-state index is 0.0131. The fourth-order valence-electron chi connectivity index (χ4n) is 3.02. The molecule has 0 spiro atoms. The number of ether oxygens (including phenoxy) is 1. The summed E-state index contributed by atoms with van der Waals surface area (Å²) in [5, 5.41) is 2.58. The Kier molecular flexibility index (Phi) is 8.41. The Morgan fingerprint density at radius 3 is 2.16 bits per heavy atom. The third kappa shape index (κ3) is 5.85. The molecule has 176 valence electrons. The maximum absolute atomic E-state index is 12.9. The summed E-state index contributed by atoms with van der Waals surface area (Å²) in [6.07, 6.45) is 0. The maximum atomic E-state index is 12.9. The molecule has 2 rings (SSSR count). The predicted molar refractivity (Wildman–Crippen MR) is 123 cm³/mol. The highest BCUT2D eigenvalue weighted by atomic mass is 32.2. The average Bonchev–Trinajstić information content (AvgIpc) is 2.75. The maximum Gasteiger partial charge on any atom is 0.243 e. The third-order valence-corrected chi connectivity index (χ3v) is 8.62. The molecule has 0 fully saturated rings. The predicted octanol–water partition coefficient (Wildman–Crippen LogP) is 2.34. The van der Waals surface area contributed by atoms with E-state index in [0.29, 0.717) is 24.4 Å². The van der Waals surface area contributed by atoms with Crippen LogP contribution < -0.4 is 14.8 Å². The number of rotatable bonds is 10. The molecule has 32 heavy (non-hydrogen) atoms. The zero-order chi connectivity index (χ0) is 24.1. The average molecular weight is 484 g/mol. The number of hydrogen-bond donors (Lipinski definition) is 2. The van der Waals surface area contributed by atoms with Gasteiger partial charge in [-0.3, -0.25) is 4.79 Å². The van der Waals surface area contributed by atoms with Gasteiger partial charge in [0, 0.05) is 18.8 Å². The van der Waals surface area contributed by atoms with Crippen molar-refractivity contribution in [3.05, 3.63) is 48.0 Å². The van der Waals surface area contributed by atoms with Crippen molar-refractivity contribution in [3.8, 4) is 5.75 Å². The monoisotopic (exact) mass is 483 g/mol. The van der Waals surface area contributed by atoms with Crippen LogP contribution in [0, 0.1) is 6.92 Å². The lowest BCUT2D eigenvalue weighted by Gasteiger charge is -2.20. The van der Waals surface area contributed by atoms with Crippen molar-refractivity contribution >= 4 is 31.6 Å². The van der Waals surface area contributed by atoms with Gasteiger partial charge in [-0.05, 0) is 55.8 Å². The van der Waals surface area contributed by atoms with Gasteiger partial charge in [0.15, 0.2) is 0 Å². The van der Waals surface area contributed by atoms with Gasteiger partial charge in [0.2, 0.25) is 26.0 Å². The van der Waals surface area contributed by atoms with Crippen LogP contribution in [0.5, 0.6) is 5.75 Å². The molecule has 2 aromatic rings. The number of amides is 1. The molecule has 2 aromatic carbocycles. The van der Waals surface area contributed by atoms with E-state index in [-0.39, 0.29) is 15.5 Å². The van der Waals surface area contributed by atoms with Crippen LogP contribution in [0.3, 0.4) is 0 Å². The second-order valence-electron chi connectivity index (χ2n) is 7.08. The Hall–Kier alpha value is -2.47. The highest BCUT2D eigenvalue weighted by Gasteiger charge is 2.25. The Bertz CT molecular complexity index is 1160. The van der Waals surface area contributed by atoms with Gasteiger partial charge in [-0.15, -0.1) is 0 Å². The molecule has 1 atom stereocenters. The Balaban J connectivity index is 2.19. The second-order valence-corrected chi connectivity index (χ2v) is 10.7. The number of carbonyl (C=O) groups excluding carboxylic acids is 1. The van der Waals surface area contributed by atoms with Gasteiger partial charge in [-0.25, -0.2) is 16.8 Å². The first-order chi connectivity index (χ1) is 15.0. The summed E-state index contributed by atoms with van der Waals surface area (Å²) in [7, 11) is -6.20. The lowest BCUT2D eigenvalue weighted by molar-refractivity contribution is -0.117. The smallest absolute Gasteiger partial charge is 0.243 e. The van der Waals surface area contributed by atoms with E-state index in [0.717, 1.165) is 0 Å². The number of anilines is 1. The third-order valence-electron chi connectivity index (χ3n) is 4.87.